The zero-order valence-electron chi connectivity index (χ0n) is 73.1. The number of hydrogen-bond donors (Lipinski definition) is 8. The molecule has 4 fully saturated rings. The van der Waals surface area contributed by atoms with E-state index in [0.717, 1.165) is 110 Å². The van der Waals surface area contributed by atoms with Gasteiger partial charge in [0.15, 0.2) is 92.2 Å². The van der Waals surface area contributed by atoms with Gasteiger partial charge in [0, 0.05) is 147 Å². The third kappa shape index (κ3) is 15.3. The van der Waals surface area contributed by atoms with E-state index in [9.17, 15) is 60.0 Å². The fourth-order valence-electron chi connectivity index (χ4n) is 23.5. The number of hydrogen-bond acceptors (Lipinski definition) is 24. The number of carbonyl (C=O) groups is 4. The Bertz CT molecular complexity index is 5670. The SMILES string of the molecule is COC1=CC2[C@@H]3[C@H](Sc4ccc(C(C)(C)C)cc4)c4ccc(O)c(O)c4[C@]2(CCN3C)CC1=O.COC1=C[C@@H]2[C@@H]3[C@H](Sc4ccc(Br)cc4)c4ccc(O)c(O)c4[C@]2(CCN3C)CC1=O.COC1=C[C@@H]2[C@@H]3[C@H](Sc4ccc(Cl)cc4)c4ccc(O)c(O)c4[C@]2(CCN3C)CC1=O.COC1=C[C@@H]2[C@@H]3[C@H](Sc4ccccc4C)c4ccc(O)c(O)c4[C@]2(CCN3C)CC1=O. The van der Waals surface area contributed by atoms with Crippen LogP contribution in [-0.2, 0) is 65.2 Å². The number of likely N-dealkylation sites (tertiary alicyclic amines) is 4. The zero-order chi connectivity index (χ0) is 90.2. The molecule has 12 aliphatic rings. The van der Waals surface area contributed by atoms with E-state index < -0.39 is 21.7 Å². The molecule has 0 amide bonds. The van der Waals surface area contributed by atoms with Crippen LogP contribution in [0.1, 0.15) is 149 Å². The van der Waals surface area contributed by atoms with Crippen LogP contribution in [0.15, 0.2) is 217 Å². The van der Waals surface area contributed by atoms with Crippen molar-refractivity contribution >= 4 is 97.7 Å². The summed E-state index contributed by atoms with van der Waals surface area (Å²) >= 11 is 16.6. The Kier molecular flexibility index (Phi) is 24.6. The molecule has 20 nitrogen and oxygen atoms in total. The van der Waals surface area contributed by atoms with Gasteiger partial charge in [0.25, 0.3) is 0 Å². The largest absolute Gasteiger partial charge is 0.504 e. The molecule has 8 N–H and O–H groups in total. The maximum Gasteiger partial charge on any atom is 0.197 e. The van der Waals surface area contributed by atoms with Gasteiger partial charge in [0.05, 0.1) is 49.4 Å². The van der Waals surface area contributed by atoms with Crippen LogP contribution < -0.4 is 0 Å². The first-order valence-corrected chi connectivity index (χ1v) is 47.9. The number of aromatic hydroxyl groups is 8. The molecule has 1 unspecified atom stereocenters. The lowest BCUT2D eigenvalue weighted by atomic mass is 9.53. The third-order valence-electron chi connectivity index (χ3n) is 29.6. The molecule has 0 aromatic heterocycles. The Labute approximate surface area is 772 Å². The Morgan fingerprint density at radius 2 is 0.646 bits per heavy atom. The number of fused-ring (bicyclic) bond motifs is 4. The van der Waals surface area contributed by atoms with Crippen LogP contribution in [0.5, 0.6) is 46.0 Å². The number of nitrogens with zero attached hydrogens (tertiary/aromatic N) is 4. The monoisotopic (exact) mass is 1870 g/mol. The van der Waals surface area contributed by atoms with Gasteiger partial charge in [-0.3, -0.25) is 19.2 Å². The van der Waals surface area contributed by atoms with Crippen LogP contribution in [-0.4, -0.2) is 191 Å². The number of Topliss-reactive ketones (excluding diaryl/α,β-unsaturated/α-hetero) is 4. The molecule has 127 heavy (non-hydrogen) atoms. The lowest BCUT2D eigenvalue weighted by Gasteiger charge is -2.58. The van der Waals surface area contributed by atoms with Crippen molar-refractivity contribution in [3.05, 3.63) is 258 Å². The number of allylic oxidation sites excluding steroid dienone is 4. The predicted octanol–water partition coefficient (Wildman–Crippen LogP) is 19.0. The summed E-state index contributed by atoms with van der Waals surface area (Å²) < 4.78 is 22.8. The number of ketones is 4. The minimum absolute atomic E-state index is 0.000573. The highest BCUT2D eigenvalue weighted by atomic mass is 79.9. The molecule has 0 saturated carbocycles. The Morgan fingerprint density at radius 3 is 0.921 bits per heavy atom. The summed E-state index contributed by atoms with van der Waals surface area (Å²) in [5, 5.41) is 86.7. The number of halogens is 2. The topological polar surface area (TPSA) is 280 Å². The minimum atomic E-state index is -0.550. The van der Waals surface area contributed by atoms with E-state index in [2.05, 4.69) is 140 Å². The van der Waals surface area contributed by atoms with Crippen LogP contribution in [0.3, 0.4) is 0 Å². The Hall–Kier alpha value is -8.99. The molecule has 20 rings (SSSR count). The van der Waals surface area contributed by atoms with E-state index in [1.54, 1.807) is 85.5 Å². The van der Waals surface area contributed by atoms with E-state index in [-0.39, 0.29) is 169 Å². The van der Waals surface area contributed by atoms with E-state index in [4.69, 9.17) is 30.5 Å². The van der Waals surface area contributed by atoms with Gasteiger partial charge in [-0.15, -0.1) is 47.0 Å². The average Bonchev–Trinajstić information content (AvgIpc) is 0.708. The molecule has 26 heteroatoms. The fraction of sp³-hybridized carbons (Fsp3) is 0.406. The minimum Gasteiger partial charge on any atom is -0.504 e. The summed E-state index contributed by atoms with van der Waals surface area (Å²) in [5.41, 5.74) is 7.35. The first kappa shape index (κ1) is 90.0. The van der Waals surface area contributed by atoms with Gasteiger partial charge in [-0.25, -0.2) is 0 Å². The quantitative estimate of drug-likeness (QED) is 0.0528. The number of likely N-dealkylation sites (N-methyl/N-ethyl adjacent to an activating group) is 4. The van der Waals surface area contributed by atoms with Crippen molar-refractivity contribution in [1.29, 1.82) is 0 Å². The number of methoxy groups -OCH3 is 4. The van der Waals surface area contributed by atoms with Crippen LogP contribution in [0.2, 0.25) is 5.02 Å². The molecule has 8 aromatic rings. The molecule has 4 aliphatic heterocycles. The molecule has 8 bridgehead atoms. The van der Waals surface area contributed by atoms with Gasteiger partial charge >= 0.3 is 0 Å². The van der Waals surface area contributed by atoms with Crippen molar-refractivity contribution in [3.8, 4) is 46.0 Å². The zero-order valence-corrected chi connectivity index (χ0v) is 78.7. The highest BCUT2D eigenvalue weighted by Crippen LogP contribution is 2.69. The summed E-state index contributed by atoms with van der Waals surface area (Å²) in [6.07, 6.45) is 11.9. The van der Waals surface area contributed by atoms with Gasteiger partial charge in [-0.05, 0) is 241 Å². The number of phenols is 8. The molecule has 16 atom stereocenters. The highest BCUT2D eigenvalue weighted by molar-refractivity contribution is 9.10. The number of carbonyl (C=O) groups excluding carboxylic acids is 4. The van der Waals surface area contributed by atoms with Gasteiger partial charge < -0.3 is 79.4 Å². The second-order valence-electron chi connectivity index (χ2n) is 37.1. The number of ether oxygens (including phenoxy) is 4. The summed E-state index contributed by atoms with van der Waals surface area (Å²) in [6.45, 7) is 12.0. The lowest BCUT2D eigenvalue weighted by Crippen LogP contribution is -2.61. The molecule has 8 aliphatic carbocycles. The van der Waals surface area contributed by atoms with E-state index in [1.165, 1.54) is 30.2 Å². The van der Waals surface area contributed by atoms with Crippen LogP contribution >= 0.6 is 74.6 Å². The van der Waals surface area contributed by atoms with Crippen molar-refractivity contribution in [2.24, 2.45) is 23.7 Å². The fourth-order valence-corrected chi connectivity index (χ4v) is 29.7. The average molecular weight is 1880 g/mol. The normalized spacial score (nSPS) is 29.4. The molecule has 0 spiro atoms. The van der Waals surface area contributed by atoms with Crippen LogP contribution in [0.4, 0.5) is 0 Å². The predicted molar refractivity (Wildman–Crippen MR) is 499 cm³/mol. The highest BCUT2D eigenvalue weighted by Gasteiger charge is 2.65. The molecule has 4 heterocycles. The molecule has 8 aromatic carbocycles. The Morgan fingerprint density at radius 1 is 0.378 bits per heavy atom. The van der Waals surface area contributed by atoms with E-state index in [0.29, 0.717) is 33.6 Å². The van der Waals surface area contributed by atoms with Crippen molar-refractivity contribution in [2.75, 3.05) is 82.8 Å². The number of aryl methyl sites for hydroxylation is 1. The van der Waals surface area contributed by atoms with E-state index in [1.807, 2.05) is 97.1 Å². The summed E-state index contributed by atoms with van der Waals surface area (Å²) in [7, 11) is 14.7. The van der Waals surface area contributed by atoms with Crippen LogP contribution in [0.25, 0.3) is 0 Å². The van der Waals surface area contributed by atoms with Crippen LogP contribution in [0, 0.1) is 30.6 Å². The number of phenolic OH excluding ortho intramolecular Hbond substituents is 8. The number of piperidine rings is 4. The van der Waals surface area contributed by atoms with Crippen molar-refractivity contribution in [1.82, 2.24) is 19.6 Å². The third-order valence-corrected chi connectivity index (χ3v) is 35.9. The number of benzene rings is 8. The maximum absolute atomic E-state index is 13.0. The second kappa shape index (κ2) is 34.7. The van der Waals surface area contributed by atoms with Gasteiger partial charge in [0.2, 0.25) is 0 Å². The van der Waals surface area contributed by atoms with Gasteiger partial charge in [-0.1, -0.05) is 103 Å². The number of thioether (sulfide) groups is 4. The standard InChI is InChI=1S/C28H33NO4S.C25H27NO4S.C24H24BrNO4S.C24H24ClNO4S/c1-27(2,3)16-6-8-17(9-7-16)34-26-18-10-11-20(30)25(32)23(18)28-12-13-29(4)24(26)19(28)14-22(33-5)21(31)15-28;1-14-6-4-5-7-20(14)31-24-15-8-9-17(27)23(29)21(15)25-10-11-26(2)22(24)16(25)12-19(30-3)18(28)13-25;2*1-26-10-9-24-12-18(28)19(30-2)11-16(24)21(26)23(31-14-5-3-13(25)4-6-14)15-7-8-17(27)22(29)20(15)24/h6-11,14,19,24,26,30,32H,12-13,15H2,1-5H3;4-9,12,16,22,24,27,29H,10-11,13H2,1-3H3;2*3-8,11,16,21,23,27,29H,9-10,12H2,1-2H3/t19?,24-,26-,28-;16-,22-,24-,25-;2*16-,21-,23-,24-/m1111/s1. The van der Waals surface area contributed by atoms with Gasteiger partial charge in [-0.2, -0.15) is 0 Å². The van der Waals surface area contributed by atoms with Crippen molar-refractivity contribution in [2.45, 2.75) is 171 Å². The maximum atomic E-state index is 13.0. The molecule has 0 radical (unpaired) electrons. The van der Waals surface area contributed by atoms with E-state index >= 15 is 0 Å². The molecule has 4 saturated heterocycles. The molecular weight excluding hydrogens is 1770 g/mol. The molecule has 666 valence electrons. The van der Waals surface area contributed by atoms with Gasteiger partial charge in [0.1, 0.15) is 0 Å². The molecular formula is C101H108BrClN4O16S4. The lowest BCUT2D eigenvalue weighted by molar-refractivity contribution is -0.123. The summed E-state index contributed by atoms with van der Waals surface area (Å²) in [5.74, 6) is 0.485. The van der Waals surface area contributed by atoms with Crippen molar-refractivity contribution < 1.29 is 79.0 Å². The smallest absolute Gasteiger partial charge is 0.197 e. The Balaban J connectivity index is 0.000000119. The summed E-state index contributed by atoms with van der Waals surface area (Å²) in [6, 6.07) is 47.5. The summed E-state index contributed by atoms with van der Waals surface area (Å²) in [4.78, 5) is 65.8. The second-order valence-corrected chi connectivity index (χ2v) is 43.3. The first-order chi connectivity index (χ1) is 60.6. The number of rotatable bonds is 12. The first-order valence-electron chi connectivity index (χ1n) is 43.2. The van der Waals surface area contributed by atoms with Crippen molar-refractivity contribution in [3.63, 3.8) is 0 Å².